The molecule has 0 bridgehead atoms. The maximum atomic E-state index is 14.3. The van der Waals surface area contributed by atoms with E-state index >= 15 is 0 Å². The first-order valence-corrected chi connectivity index (χ1v) is 11.5. The summed E-state index contributed by atoms with van der Waals surface area (Å²) in [5, 5.41) is 3.28. The molecule has 0 aliphatic heterocycles. The summed E-state index contributed by atoms with van der Waals surface area (Å²) >= 11 is 14.1. The van der Waals surface area contributed by atoms with Gasteiger partial charge in [-0.2, -0.15) is 11.8 Å². The summed E-state index contributed by atoms with van der Waals surface area (Å²) in [6.45, 7) is 0. The molecule has 3 aromatic rings. The third kappa shape index (κ3) is 5.50. The van der Waals surface area contributed by atoms with Crippen molar-refractivity contribution < 1.29 is 18.7 Å². The van der Waals surface area contributed by atoms with Crippen LogP contribution in [0.3, 0.4) is 0 Å². The van der Waals surface area contributed by atoms with E-state index in [4.69, 9.17) is 27.9 Å². The second-order valence-electron chi connectivity index (χ2n) is 6.77. The minimum Gasteiger partial charge on any atom is -0.469 e. The Balaban J connectivity index is 1.90. The standard InChI is InChI=1S/C21H20Cl2FN3O3S/c1-30-17(28)10-12(6-7-31-2)25-21(29)11-8-14(23)19-16(9-11)26-20(27-19)18-13(22)4-3-5-15(18)24/h3-5,8-9,12H,6-7,10H2,1-2H3,(H,25,29)(H,26,27). The third-order valence-corrected chi connectivity index (χ3v) is 5.90. The summed E-state index contributed by atoms with van der Waals surface area (Å²) in [7, 11) is 1.31. The number of amides is 1. The van der Waals surface area contributed by atoms with Gasteiger partial charge in [0.2, 0.25) is 0 Å². The lowest BCUT2D eigenvalue weighted by Crippen LogP contribution is -2.37. The number of nitrogens with zero attached hydrogens (tertiary/aromatic N) is 1. The molecular formula is C21H20Cl2FN3O3S. The second kappa shape index (κ2) is 10.3. The Morgan fingerprint density at radius 3 is 2.74 bits per heavy atom. The predicted octanol–water partition coefficient (Wildman–Crippen LogP) is 5.09. The van der Waals surface area contributed by atoms with Crippen molar-refractivity contribution in [1.82, 2.24) is 15.3 Å². The number of hydrogen-bond acceptors (Lipinski definition) is 5. The van der Waals surface area contributed by atoms with E-state index in [1.807, 2.05) is 6.26 Å². The quantitative estimate of drug-likeness (QED) is 0.435. The highest BCUT2D eigenvalue weighted by Crippen LogP contribution is 2.32. The lowest BCUT2D eigenvalue weighted by Gasteiger charge is -2.17. The van der Waals surface area contributed by atoms with Crippen LogP contribution in [0, 0.1) is 5.82 Å². The zero-order valence-electron chi connectivity index (χ0n) is 16.8. The van der Waals surface area contributed by atoms with Crippen molar-refractivity contribution in [3.05, 3.63) is 51.8 Å². The average Bonchev–Trinajstić information content (AvgIpc) is 3.16. The number of halogens is 3. The fourth-order valence-electron chi connectivity index (χ4n) is 3.09. The molecule has 2 aromatic carbocycles. The van der Waals surface area contributed by atoms with Crippen molar-refractivity contribution in [3.8, 4) is 11.4 Å². The fourth-order valence-corrected chi connectivity index (χ4v) is 4.12. The molecule has 1 atom stereocenters. The summed E-state index contributed by atoms with van der Waals surface area (Å²) in [5.74, 6) is -0.338. The van der Waals surface area contributed by atoms with Crippen molar-refractivity contribution in [1.29, 1.82) is 0 Å². The molecule has 0 saturated heterocycles. The number of ether oxygens (including phenoxy) is 1. The molecule has 0 fully saturated rings. The van der Waals surface area contributed by atoms with Gasteiger partial charge in [0.1, 0.15) is 17.2 Å². The highest BCUT2D eigenvalue weighted by atomic mass is 35.5. The lowest BCUT2D eigenvalue weighted by molar-refractivity contribution is -0.141. The van der Waals surface area contributed by atoms with Gasteiger partial charge in [-0.3, -0.25) is 9.59 Å². The molecule has 164 valence electrons. The Kier molecular flexibility index (Phi) is 7.80. The van der Waals surface area contributed by atoms with E-state index in [1.165, 1.54) is 25.3 Å². The number of H-pyrrole nitrogens is 1. The maximum Gasteiger partial charge on any atom is 0.307 e. The van der Waals surface area contributed by atoms with E-state index < -0.39 is 11.8 Å². The van der Waals surface area contributed by atoms with Crippen LogP contribution in [-0.2, 0) is 9.53 Å². The Bertz CT molecular complexity index is 1100. The largest absolute Gasteiger partial charge is 0.469 e. The van der Waals surface area contributed by atoms with Crippen molar-refractivity contribution in [2.75, 3.05) is 19.1 Å². The number of rotatable bonds is 8. The first kappa shape index (κ1) is 23.4. The van der Waals surface area contributed by atoms with Gasteiger partial charge in [-0.15, -0.1) is 0 Å². The van der Waals surface area contributed by atoms with Crippen LogP contribution in [0.15, 0.2) is 30.3 Å². The van der Waals surface area contributed by atoms with Gasteiger partial charge in [-0.05, 0) is 42.7 Å². The van der Waals surface area contributed by atoms with E-state index in [-0.39, 0.29) is 45.4 Å². The Morgan fingerprint density at radius 2 is 2.06 bits per heavy atom. The van der Waals surface area contributed by atoms with Crippen LogP contribution in [0.1, 0.15) is 23.2 Å². The van der Waals surface area contributed by atoms with Crippen LogP contribution in [0.2, 0.25) is 10.0 Å². The smallest absolute Gasteiger partial charge is 0.307 e. The first-order valence-electron chi connectivity index (χ1n) is 9.34. The number of thioether (sulfide) groups is 1. The molecule has 31 heavy (non-hydrogen) atoms. The van der Waals surface area contributed by atoms with E-state index in [1.54, 1.807) is 23.9 Å². The predicted molar refractivity (Wildman–Crippen MR) is 122 cm³/mol. The van der Waals surface area contributed by atoms with Crippen LogP contribution in [0.5, 0.6) is 0 Å². The van der Waals surface area contributed by atoms with E-state index in [0.29, 0.717) is 17.5 Å². The monoisotopic (exact) mass is 483 g/mol. The molecule has 0 aliphatic carbocycles. The minimum absolute atomic E-state index is 0.0682. The summed E-state index contributed by atoms with van der Waals surface area (Å²) in [4.78, 5) is 31.8. The summed E-state index contributed by atoms with van der Waals surface area (Å²) in [5.41, 5.74) is 1.26. The number of hydrogen-bond donors (Lipinski definition) is 2. The average molecular weight is 484 g/mol. The molecule has 1 heterocycles. The molecule has 1 amide bonds. The van der Waals surface area contributed by atoms with Crippen LogP contribution in [0.25, 0.3) is 22.4 Å². The van der Waals surface area contributed by atoms with Crippen molar-refractivity contribution >= 4 is 57.9 Å². The van der Waals surface area contributed by atoms with Gasteiger partial charge < -0.3 is 15.0 Å². The molecule has 3 rings (SSSR count). The molecule has 6 nitrogen and oxygen atoms in total. The molecule has 1 unspecified atom stereocenters. The molecule has 0 saturated carbocycles. The number of aromatic amines is 1. The number of benzene rings is 2. The third-order valence-electron chi connectivity index (χ3n) is 4.65. The van der Waals surface area contributed by atoms with Crippen molar-refractivity contribution in [2.24, 2.45) is 0 Å². The maximum absolute atomic E-state index is 14.3. The summed E-state index contributed by atoms with van der Waals surface area (Å²) in [6, 6.07) is 7.02. The van der Waals surface area contributed by atoms with Crippen LogP contribution in [-0.4, -0.2) is 47.0 Å². The Hall–Kier alpha value is -2.29. The normalized spacial score (nSPS) is 12.0. The SMILES string of the molecule is COC(=O)CC(CCSC)NC(=O)c1cc(Cl)c2nc(-c3c(F)cccc3Cl)[nH]c2c1. The van der Waals surface area contributed by atoms with Crippen LogP contribution < -0.4 is 5.32 Å². The van der Waals surface area contributed by atoms with Gasteiger partial charge in [-0.25, -0.2) is 9.37 Å². The number of imidazole rings is 1. The Labute approximate surface area is 192 Å². The van der Waals surface area contributed by atoms with Crippen LogP contribution >= 0.6 is 35.0 Å². The number of fused-ring (bicyclic) bond motifs is 1. The molecule has 0 spiro atoms. The van der Waals surface area contributed by atoms with Gasteiger partial charge in [0.15, 0.2) is 0 Å². The van der Waals surface area contributed by atoms with Crippen LogP contribution in [0.4, 0.5) is 4.39 Å². The van der Waals surface area contributed by atoms with Gasteiger partial charge in [0.25, 0.3) is 5.91 Å². The number of nitrogens with one attached hydrogen (secondary N) is 2. The zero-order valence-corrected chi connectivity index (χ0v) is 19.1. The van der Waals surface area contributed by atoms with Gasteiger partial charge in [0.05, 0.1) is 34.7 Å². The summed E-state index contributed by atoms with van der Waals surface area (Å²) in [6.07, 6.45) is 2.62. The van der Waals surface area contributed by atoms with Crippen molar-refractivity contribution in [2.45, 2.75) is 18.9 Å². The topological polar surface area (TPSA) is 84.1 Å². The van der Waals surface area contributed by atoms with E-state index in [0.717, 1.165) is 5.75 Å². The highest BCUT2D eigenvalue weighted by molar-refractivity contribution is 7.98. The molecule has 1 aromatic heterocycles. The molecule has 0 radical (unpaired) electrons. The van der Waals surface area contributed by atoms with Gasteiger partial charge >= 0.3 is 5.97 Å². The minimum atomic E-state index is -0.528. The van der Waals surface area contributed by atoms with E-state index in [2.05, 4.69) is 15.3 Å². The zero-order chi connectivity index (χ0) is 22.5. The molecule has 0 aliphatic rings. The second-order valence-corrected chi connectivity index (χ2v) is 8.57. The van der Waals surface area contributed by atoms with Gasteiger partial charge in [0, 0.05) is 11.6 Å². The highest BCUT2D eigenvalue weighted by Gasteiger charge is 2.20. The van der Waals surface area contributed by atoms with Gasteiger partial charge in [-0.1, -0.05) is 29.3 Å². The fraction of sp³-hybridized carbons (Fsp3) is 0.286. The molecule has 2 N–H and O–H groups in total. The van der Waals surface area contributed by atoms with Crippen molar-refractivity contribution in [3.63, 3.8) is 0 Å². The first-order chi connectivity index (χ1) is 14.8. The summed E-state index contributed by atoms with van der Waals surface area (Å²) < 4.78 is 19.0. The van der Waals surface area contributed by atoms with E-state index in [9.17, 15) is 14.0 Å². The molecular weight excluding hydrogens is 464 g/mol. The number of carbonyl (C=O) groups excluding carboxylic acids is 2. The number of methoxy groups -OCH3 is 1. The molecule has 10 heteroatoms. The Morgan fingerprint density at radius 1 is 1.29 bits per heavy atom. The number of esters is 1. The number of carbonyl (C=O) groups is 2. The lowest BCUT2D eigenvalue weighted by atomic mass is 10.1. The number of aromatic nitrogens is 2.